The third-order valence-electron chi connectivity index (χ3n) is 8.04. The van der Waals surface area contributed by atoms with Crippen molar-refractivity contribution in [1.82, 2.24) is 0 Å². The normalized spacial score (nSPS) is 54.6. The van der Waals surface area contributed by atoms with E-state index in [1.54, 1.807) is 0 Å². The molecule has 0 radical (unpaired) electrons. The van der Waals surface area contributed by atoms with Crippen LogP contribution >= 0.6 is 0 Å². The number of aliphatic hydroxyl groups excluding tert-OH is 1. The molecule has 0 amide bonds. The smallest absolute Gasteiger partial charge is 0.139 e. The van der Waals surface area contributed by atoms with Crippen molar-refractivity contribution >= 4 is 11.6 Å². The molecule has 0 aliphatic heterocycles. The predicted octanol–water partition coefficient (Wildman–Crippen LogP) is 3.14. The molecule has 4 aliphatic carbocycles. The summed E-state index contributed by atoms with van der Waals surface area (Å²) in [6.45, 7) is 4.36. The summed E-state index contributed by atoms with van der Waals surface area (Å²) in [6.07, 6.45) is 6.86. The highest BCUT2D eigenvalue weighted by molar-refractivity contribution is 5.95. The van der Waals surface area contributed by atoms with E-state index in [-0.39, 0.29) is 22.9 Å². The number of ketones is 2. The zero-order chi connectivity index (χ0) is 15.7. The van der Waals surface area contributed by atoms with Gasteiger partial charge in [0.2, 0.25) is 0 Å². The van der Waals surface area contributed by atoms with Gasteiger partial charge < -0.3 is 5.11 Å². The van der Waals surface area contributed by atoms with E-state index in [0.717, 1.165) is 38.5 Å². The van der Waals surface area contributed by atoms with Gasteiger partial charge in [-0.3, -0.25) is 9.59 Å². The van der Waals surface area contributed by atoms with Gasteiger partial charge in [0.1, 0.15) is 11.6 Å². The van der Waals surface area contributed by atoms with Gasteiger partial charge in [-0.05, 0) is 61.7 Å². The summed E-state index contributed by atoms with van der Waals surface area (Å²) in [5.74, 6) is 2.14. The highest BCUT2D eigenvalue weighted by Gasteiger charge is 2.63. The van der Waals surface area contributed by atoms with Crippen LogP contribution in [0.2, 0.25) is 0 Å². The summed E-state index contributed by atoms with van der Waals surface area (Å²) in [4.78, 5) is 25.4. The van der Waals surface area contributed by atoms with Crippen molar-refractivity contribution in [3.63, 3.8) is 0 Å². The summed E-state index contributed by atoms with van der Waals surface area (Å²) < 4.78 is 0. The Morgan fingerprint density at radius 1 is 1.09 bits per heavy atom. The molecule has 3 nitrogen and oxygen atoms in total. The average Bonchev–Trinajstić information content (AvgIpc) is 2.75. The SMILES string of the molecule is C[C@]12CC(=O)C3[C@@H](CC[C@@H]4C[C@H](O)CC[C@]34C)C1CCC2=O. The molecule has 0 aromatic rings. The summed E-state index contributed by atoms with van der Waals surface area (Å²) in [5, 5.41) is 10.0. The quantitative estimate of drug-likeness (QED) is 0.748. The van der Waals surface area contributed by atoms with Gasteiger partial charge in [-0.2, -0.15) is 0 Å². The van der Waals surface area contributed by atoms with E-state index in [9.17, 15) is 14.7 Å². The van der Waals surface area contributed by atoms with Gasteiger partial charge in [0.05, 0.1) is 6.10 Å². The number of carbonyl (C=O) groups is 2. The molecule has 2 unspecified atom stereocenters. The Hall–Kier alpha value is -0.700. The van der Waals surface area contributed by atoms with Crippen molar-refractivity contribution in [2.24, 2.45) is 34.5 Å². The molecule has 1 N–H and O–H groups in total. The van der Waals surface area contributed by atoms with E-state index in [4.69, 9.17) is 0 Å². The summed E-state index contributed by atoms with van der Waals surface area (Å²) in [7, 11) is 0. The molecule has 0 saturated heterocycles. The third-order valence-corrected chi connectivity index (χ3v) is 8.04. The van der Waals surface area contributed by atoms with Crippen LogP contribution in [0, 0.1) is 34.5 Å². The number of aliphatic hydroxyl groups is 1. The molecule has 0 heterocycles. The van der Waals surface area contributed by atoms with E-state index in [1.807, 2.05) is 0 Å². The van der Waals surface area contributed by atoms with Gasteiger partial charge in [-0.25, -0.2) is 0 Å². The van der Waals surface area contributed by atoms with Crippen molar-refractivity contribution in [3.8, 4) is 0 Å². The van der Waals surface area contributed by atoms with Gasteiger partial charge in [-0.1, -0.05) is 13.8 Å². The Kier molecular flexibility index (Phi) is 3.15. The molecule has 0 bridgehead atoms. The van der Waals surface area contributed by atoms with Crippen LogP contribution in [-0.2, 0) is 9.59 Å². The summed E-state index contributed by atoms with van der Waals surface area (Å²) >= 11 is 0. The lowest BCUT2D eigenvalue weighted by molar-refractivity contribution is -0.162. The molecule has 4 rings (SSSR count). The second kappa shape index (κ2) is 4.66. The van der Waals surface area contributed by atoms with Crippen LogP contribution in [0.15, 0.2) is 0 Å². The van der Waals surface area contributed by atoms with Crippen LogP contribution in [-0.4, -0.2) is 22.8 Å². The second-order valence-corrected chi connectivity index (χ2v) is 8.98. The van der Waals surface area contributed by atoms with Crippen LogP contribution in [0.4, 0.5) is 0 Å². The average molecular weight is 304 g/mol. The first kappa shape index (κ1) is 14.9. The zero-order valence-corrected chi connectivity index (χ0v) is 13.8. The Balaban J connectivity index is 1.71. The van der Waals surface area contributed by atoms with E-state index >= 15 is 0 Å². The molecule has 22 heavy (non-hydrogen) atoms. The standard InChI is InChI=1S/C19H28O3/c1-18-8-7-12(20)9-11(18)3-4-13-14-5-6-16(22)19(14,2)10-15(21)17(13)18/h11-14,17,20H,3-10H2,1-2H3/t11-,12-,13+,14?,17?,18+,19+/m1/s1. The monoisotopic (exact) mass is 304 g/mol. The van der Waals surface area contributed by atoms with Gasteiger partial charge in [0.15, 0.2) is 0 Å². The molecule has 122 valence electrons. The van der Waals surface area contributed by atoms with E-state index < -0.39 is 0 Å². The van der Waals surface area contributed by atoms with E-state index in [0.29, 0.717) is 42.2 Å². The van der Waals surface area contributed by atoms with Gasteiger partial charge in [-0.15, -0.1) is 0 Å². The number of hydrogen-bond donors (Lipinski definition) is 1. The Labute approximate surface area is 132 Å². The minimum absolute atomic E-state index is 0.0617. The fraction of sp³-hybridized carbons (Fsp3) is 0.895. The molecule has 0 aromatic heterocycles. The van der Waals surface area contributed by atoms with Crippen molar-refractivity contribution in [3.05, 3.63) is 0 Å². The lowest BCUT2D eigenvalue weighted by Gasteiger charge is -2.58. The van der Waals surface area contributed by atoms with Gasteiger partial charge in [0.25, 0.3) is 0 Å². The maximum Gasteiger partial charge on any atom is 0.139 e. The predicted molar refractivity (Wildman–Crippen MR) is 83.1 cm³/mol. The Bertz CT molecular complexity index is 527. The van der Waals surface area contributed by atoms with Crippen molar-refractivity contribution < 1.29 is 14.7 Å². The van der Waals surface area contributed by atoms with Crippen LogP contribution in [0.1, 0.15) is 65.2 Å². The minimum Gasteiger partial charge on any atom is -0.393 e. The molecule has 7 atom stereocenters. The number of carbonyl (C=O) groups excluding carboxylic acids is 2. The molecule has 0 spiro atoms. The lowest BCUT2D eigenvalue weighted by Crippen LogP contribution is -2.57. The Morgan fingerprint density at radius 3 is 2.64 bits per heavy atom. The molecular weight excluding hydrogens is 276 g/mol. The molecule has 4 fully saturated rings. The maximum atomic E-state index is 13.0. The summed E-state index contributed by atoms with van der Waals surface area (Å²) in [5.41, 5.74) is -0.304. The second-order valence-electron chi connectivity index (χ2n) is 8.98. The first-order valence-electron chi connectivity index (χ1n) is 9.10. The van der Waals surface area contributed by atoms with Crippen LogP contribution in [0.5, 0.6) is 0 Å². The van der Waals surface area contributed by atoms with E-state index in [2.05, 4.69) is 13.8 Å². The topological polar surface area (TPSA) is 54.4 Å². The Morgan fingerprint density at radius 2 is 1.86 bits per heavy atom. The first-order chi connectivity index (χ1) is 10.4. The van der Waals surface area contributed by atoms with Crippen LogP contribution < -0.4 is 0 Å². The molecule has 4 aliphatic rings. The van der Waals surface area contributed by atoms with Crippen molar-refractivity contribution in [1.29, 1.82) is 0 Å². The van der Waals surface area contributed by atoms with Crippen LogP contribution in [0.3, 0.4) is 0 Å². The minimum atomic E-state index is -0.365. The van der Waals surface area contributed by atoms with Crippen molar-refractivity contribution in [2.75, 3.05) is 0 Å². The van der Waals surface area contributed by atoms with E-state index in [1.165, 1.54) is 0 Å². The lowest BCUT2D eigenvalue weighted by atomic mass is 9.45. The zero-order valence-electron chi connectivity index (χ0n) is 13.8. The van der Waals surface area contributed by atoms with Gasteiger partial charge >= 0.3 is 0 Å². The number of rotatable bonds is 0. The fourth-order valence-electron chi connectivity index (χ4n) is 6.83. The maximum absolute atomic E-state index is 13.0. The largest absolute Gasteiger partial charge is 0.393 e. The van der Waals surface area contributed by atoms with Crippen molar-refractivity contribution in [2.45, 2.75) is 71.3 Å². The van der Waals surface area contributed by atoms with Crippen LogP contribution in [0.25, 0.3) is 0 Å². The molecule has 3 heteroatoms. The molecule has 0 aromatic carbocycles. The molecule has 4 saturated carbocycles. The first-order valence-corrected chi connectivity index (χ1v) is 9.10. The summed E-state index contributed by atoms with van der Waals surface area (Å²) in [6, 6.07) is 0. The third kappa shape index (κ3) is 1.78. The number of hydrogen-bond acceptors (Lipinski definition) is 3. The highest BCUT2D eigenvalue weighted by atomic mass is 16.3. The number of fused-ring (bicyclic) bond motifs is 5. The number of Topliss-reactive ketones (excluding diaryl/α,β-unsaturated/α-hetero) is 2. The molecular formula is C19H28O3. The van der Waals surface area contributed by atoms with Gasteiger partial charge in [0, 0.05) is 24.2 Å². The fourth-order valence-corrected chi connectivity index (χ4v) is 6.83. The highest BCUT2D eigenvalue weighted by Crippen LogP contribution is 2.64.